The summed E-state index contributed by atoms with van der Waals surface area (Å²) in [6.45, 7) is 1.96. The first kappa shape index (κ1) is 6.79. The van der Waals surface area contributed by atoms with Crippen molar-refractivity contribution in [3.8, 4) is 0 Å². The molecule has 0 saturated carbocycles. The molecule has 0 unspecified atom stereocenters. The molecule has 0 aliphatic heterocycles. The van der Waals surface area contributed by atoms with Gasteiger partial charge in [0.05, 0.1) is 11.1 Å². The molecule has 0 radical (unpaired) electrons. The molecular formula is C7H6BrN3. The zero-order chi connectivity index (χ0) is 7.84. The smallest absolute Gasteiger partial charge is 0.142 e. The van der Waals surface area contributed by atoms with E-state index in [1.165, 1.54) is 0 Å². The molecule has 11 heavy (non-hydrogen) atoms. The van der Waals surface area contributed by atoms with E-state index in [0.717, 1.165) is 21.2 Å². The lowest BCUT2D eigenvalue weighted by molar-refractivity contribution is 1.14. The molecule has 0 fully saturated rings. The van der Waals surface area contributed by atoms with Gasteiger partial charge in [0.1, 0.15) is 12.0 Å². The summed E-state index contributed by atoms with van der Waals surface area (Å²) in [6, 6.07) is 0. The fourth-order valence-corrected chi connectivity index (χ4v) is 1.66. The van der Waals surface area contributed by atoms with Crippen LogP contribution in [0.25, 0.3) is 11.0 Å². The molecule has 2 aromatic rings. The molecule has 56 valence electrons. The van der Waals surface area contributed by atoms with Crippen LogP contribution in [0.2, 0.25) is 0 Å². The average Bonchev–Trinajstić information content (AvgIpc) is 2.34. The number of rotatable bonds is 0. The van der Waals surface area contributed by atoms with Gasteiger partial charge < -0.3 is 4.98 Å². The van der Waals surface area contributed by atoms with E-state index in [1.807, 2.05) is 13.1 Å². The minimum atomic E-state index is 0.879. The summed E-state index contributed by atoms with van der Waals surface area (Å²) in [5, 5.41) is 1.06. The van der Waals surface area contributed by atoms with Gasteiger partial charge in [-0.25, -0.2) is 9.97 Å². The molecule has 1 N–H and O–H groups in total. The van der Waals surface area contributed by atoms with Crippen molar-refractivity contribution in [3.05, 3.63) is 22.7 Å². The molecule has 0 aliphatic rings. The predicted octanol–water partition coefficient (Wildman–Crippen LogP) is 2.03. The van der Waals surface area contributed by atoms with Crippen LogP contribution in [-0.2, 0) is 0 Å². The summed E-state index contributed by atoms with van der Waals surface area (Å²) >= 11 is 3.41. The molecule has 2 aromatic heterocycles. The van der Waals surface area contributed by atoms with E-state index in [0.29, 0.717) is 0 Å². The molecule has 3 nitrogen and oxygen atoms in total. The van der Waals surface area contributed by atoms with Crippen molar-refractivity contribution < 1.29 is 0 Å². The van der Waals surface area contributed by atoms with E-state index in [2.05, 4.69) is 30.9 Å². The summed E-state index contributed by atoms with van der Waals surface area (Å²) in [6.07, 6.45) is 3.42. The minimum absolute atomic E-state index is 0.879. The molecule has 0 saturated heterocycles. The summed E-state index contributed by atoms with van der Waals surface area (Å²) in [5.74, 6) is 0. The Kier molecular flexibility index (Phi) is 1.42. The summed E-state index contributed by atoms with van der Waals surface area (Å²) < 4.78 is 1.02. The van der Waals surface area contributed by atoms with Crippen molar-refractivity contribution in [2.45, 2.75) is 6.92 Å². The average molecular weight is 212 g/mol. The molecule has 0 bridgehead atoms. The third-order valence-electron chi connectivity index (χ3n) is 1.61. The predicted molar refractivity (Wildman–Crippen MR) is 46.3 cm³/mol. The lowest BCUT2D eigenvalue weighted by Crippen LogP contribution is -1.84. The lowest BCUT2D eigenvalue weighted by Gasteiger charge is -1.92. The number of aromatic nitrogens is 3. The van der Waals surface area contributed by atoms with Crippen LogP contribution in [0.15, 0.2) is 17.0 Å². The standard InChI is InChI=1S/C7H6BrN3/c1-4-6-5(8)2-9-7(6)11-3-10-4/h2-3H,1H3,(H,9,10,11). The number of aryl methyl sites for hydroxylation is 1. The summed E-state index contributed by atoms with van der Waals surface area (Å²) in [5.41, 5.74) is 1.87. The van der Waals surface area contributed by atoms with Crippen LogP contribution in [0.5, 0.6) is 0 Å². The van der Waals surface area contributed by atoms with E-state index in [1.54, 1.807) is 6.33 Å². The van der Waals surface area contributed by atoms with Crippen molar-refractivity contribution in [1.82, 2.24) is 15.0 Å². The number of hydrogen-bond donors (Lipinski definition) is 1. The second kappa shape index (κ2) is 2.30. The van der Waals surface area contributed by atoms with E-state index < -0.39 is 0 Å². The van der Waals surface area contributed by atoms with Gasteiger partial charge in [0, 0.05) is 10.7 Å². The molecule has 0 atom stereocenters. The first-order chi connectivity index (χ1) is 5.29. The highest BCUT2D eigenvalue weighted by molar-refractivity contribution is 9.10. The Morgan fingerprint density at radius 2 is 2.27 bits per heavy atom. The normalized spacial score (nSPS) is 10.7. The van der Waals surface area contributed by atoms with Crippen LogP contribution in [0.3, 0.4) is 0 Å². The molecule has 0 spiro atoms. The van der Waals surface area contributed by atoms with Crippen molar-refractivity contribution in [2.75, 3.05) is 0 Å². The SMILES string of the molecule is Cc1ncnc2[nH]cc(Br)c12. The lowest BCUT2D eigenvalue weighted by atomic mass is 10.3. The quantitative estimate of drug-likeness (QED) is 0.725. The highest BCUT2D eigenvalue weighted by Gasteiger charge is 2.03. The number of halogens is 1. The van der Waals surface area contributed by atoms with Crippen LogP contribution in [0.4, 0.5) is 0 Å². The van der Waals surface area contributed by atoms with Crippen LogP contribution < -0.4 is 0 Å². The molecule has 0 aromatic carbocycles. The Morgan fingerprint density at radius 3 is 3.00 bits per heavy atom. The van der Waals surface area contributed by atoms with Crippen molar-refractivity contribution >= 4 is 27.0 Å². The van der Waals surface area contributed by atoms with Gasteiger partial charge in [-0.15, -0.1) is 0 Å². The molecule has 2 heterocycles. The van der Waals surface area contributed by atoms with Crippen LogP contribution in [0, 0.1) is 6.92 Å². The monoisotopic (exact) mass is 211 g/mol. The van der Waals surface area contributed by atoms with E-state index >= 15 is 0 Å². The van der Waals surface area contributed by atoms with Gasteiger partial charge in [-0.3, -0.25) is 0 Å². The molecular weight excluding hydrogens is 206 g/mol. The fourth-order valence-electron chi connectivity index (χ4n) is 1.07. The Balaban J connectivity index is 2.96. The fraction of sp³-hybridized carbons (Fsp3) is 0.143. The van der Waals surface area contributed by atoms with E-state index in [9.17, 15) is 0 Å². The number of hydrogen-bond acceptors (Lipinski definition) is 2. The minimum Gasteiger partial charge on any atom is -0.345 e. The van der Waals surface area contributed by atoms with Gasteiger partial charge in [-0.05, 0) is 22.9 Å². The highest BCUT2D eigenvalue weighted by Crippen LogP contribution is 2.23. The maximum absolute atomic E-state index is 4.08. The Bertz CT molecular complexity index is 393. The second-order valence-electron chi connectivity index (χ2n) is 2.32. The number of nitrogens with zero attached hydrogens (tertiary/aromatic N) is 2. The van der Waals surface area contributed by atoms with Gasteiger partial charge in [-0.1, -0.05) is 0 Å². The van der Waals surface area contributed by atoms with Gasteiger partial charge in [-0.2, -0.15) is 0 Å². The third-order valence-corrected chi connectivity index (χ3v) is 2.24. The van der Waals surface area contributed by atoms with Crippen LogP contribution >= 0.6 is 15.9 Å². The van der Waals surface area contributed by atoms with Crippen LogP contribution in [0.1, 0.15) is 5.69 Å². The number of H-pyrrole nitrogens is 1. The topological polar surface area (TPSA) is 41.6 Å². The zero-order valence-electron chi connectivity index (χ0n) is 5.93. The zero-order valence-corrected chi connectivity index (χ0v) is 7.51. The number of aromatic amines is 1. The van der Waals surface area contributed by atoms with E-state index in [-0.39, 0.29) is 0 Å². The van der Waals surface area contributed by atoms with Gasteiger partial charge in [0.15, 0.2) is 0 Å². The molecule has 4 heteroatoms. The largest absolute Gasteiger partial charge is 0.345 e. The second-order valence-corrected chi connectivity index (χ2v) is 3.17. The highest BCUT2D eigenvalue weighted by atomic mass is 79.9. The Hall–Kier alpha value is -0.900. The molecule has 0 amide bonds. The van der Waals surface area contributed by atoms with Crippen molar-refractivity contribution in [1.29, 1.82) is 0 Å². The molecule has 0 aliphatic carbocycles. The Morgan fingerprint density at radius 1 is 1.45 bits per heavy atom. The van der Waals surface area contributed by atoms with Gasteiger partial charge >= 0.3 is 0 Å². The van der Waals surface area contributed by atoms with Crippen molar-refractivity contribution in [2.24, 2.45) is 0 Å². The number of fused-ring (bicyclic) bond motifs is 1. The molecule has 2 rings (SSSR count). The van der Waals surface area contributed by atoms with Crippen LogP contribution in [-0.4, -0.2) is 15.0 Å². The van der Waals surface area contributed by atoms with Crippen molar-refractivity contribution in [3.63, 3.8) is 0 Å². The van der Waals surface area contributed by atoms with Gasteiger partial charge in [0.25, 0.3) is 0 Å². The van der Waals surface area contributed by atoms with E-state index in [4.69, 9.17) is 0 Å². The third kappa shape index (κ3) is 0.939. The first-order valence-electron chi connectivity index (χ1n) is 3.23. The van der Waals surface area contributed by atoms with Gasteiger partial charge in [0.2, 0.25) is 0 Å². The summed E-state index contributed by atoms with van der Waals surface area (Å²) in [4.78, 5) is 11.2. The Labute approximate surface area is 72.0 Å². The maximum Gasteiger partial charge on any atom is 0.142 e. The first-order valence-corrected chi connectivity index (χ1v) is 4.02. The number of nitrogens with one attached hydrogen (secondary N) is 1. The maximum atomic E-state index is 4.08. The summed E-state index contributed by atoms with van der Waals surface area (Å²) in [7, 11) is 0.